The molecule has 0 N–H and O–H groups in total. The van der Waals surface area contributed by atoms with E-state index in [9.17, 15) is 0 Å². The molecule has 0 saturated carbocycles. The first kappa shape index (κ1) is 11.3. The van der Waals surface area contributed by atoms with Crippen LogP contribution < -0.4 is 0 Å². The van der Waals surface area contributed by atoms with Crippen molar-refractivity contribution in [3.63, 3.8) is 0 Å². The third-order valence-corrected chi connectivity index (χ3v) is 2.58. The van der Waals surface area contributed by atoms with E-state index in [1.165, 1.54) is 0 Å². The van der Waals surface area contributed by atoms with Crippen LogP contribution in [0, 0.1) is 6.92 Å². The van der Waals surface area contributed by atoms with E-state index in [2.05, 4.69) is 27.7 Å². The lowest BCUT2D eigenvalue weighted by molar-refractivity contribution is 0.880. The van der Waals surface area contributed by atoms with Gasteiger partial charge >= 0.3 is 0 Å². The Balaban J connectivity index is 2.67. The van der Waals surface area contributed by atoms with Gasteiger partial charge in [0.1, 0.15) is 5.82 Å². The van der Waals surface area contributed by atoms with Crippen molar-refractivity contribution >= 4 is 11.9 Å². The van der Waals surface area contributed by atoms with Gasteiger partial charge in [-0.1, -0.05) is 31.4 Å². The fourth-order valence-electron chi connectivity index (χ4n) is 1.89. The number of hydrogen-bond acceptors (Lipinski definition) is 2. The summed E-state index contributed by atoms with van der Waals surface area (Å²) in [7, 11) is 0. The van der Waals surface area contributed by atoms with Crippen LogP contribution in [-0.4, -0.2) is 15.8 Å². The van der Waals surface area contributed by atoms with Crippen molar-refractivity contribution in [3.05, 3.63) is 60.8 Å². The molecule has 1 aromatic heterocycles. The first-order valence-electron chi connectivity index (χ1n) is 5.47. The van der Waals surface area contributed by atoms with Crippen molar-refractivity contribution in [1.82, 2.24) is 9.55 Å². The van der Waals surface area contributed by atoms with Crippen molar-refractivity contribution in [2.24, 2.45) is 4.99 Å². The molecular weight excluding hydrogens is 210 g/mol. The second kappa shape index (κ2) is 4.78. The maximum Gasteiger partial charge on any atom is 0.135 e. The van der Waals surface area contributed by atoms with Gasteiger partial charge < -0.3 is 0 Å². The molecule has 0 amide bonds. The van der Waals surface area contributed by atoms with Crippen LogP contribution >= 0.6 is 0 Å². The van der Waals surface area contributed by atoms with Gasteiger partial charge in [0.05, 0.1) is 12.2 Å². The second-order valence-corrected chi connectivity index (χ2v) is 3.77. The largest absolute Gasteiger partial charge is 0.299 e. The van der Waals surface area contributed by atoms with Gasteiger partial charge in [-0.3, -0.25) is 9.56 Å². The molecule has 1 aliphatic rings. The van der Waals surface area contributed by atoms with E-state index in [1.54, 1.807) is 12.2 Å². The zero-order valence-corrected chi connectivity index (χ0v) is 9.93. The van der Waals surface area contributed by atoms with Crippen LogP contribution in [0.4, 0.5) is 0 Å². The quantitative estimate of drug-likeness (QED) is 0.761. The topological polar surface area (TPSA) is 30.2 Å². The van der Waals surface area contributed by atoms with Gasteiger partial charge in [0.25, 0.3) is 0 Å². The first-order valence-corrected chi connectivity index (χ1v) is 5.47. The molecule has 3 heteroatoms. The summed E-state index contributed by atoms with van der Waals surface area (Å²) in [6, 6.07) is 0. The lowest BCUT2D eigenvalue weighted by Gasteiger charge is -2.11. The smallest absolute Gasteiger partial charge is 0.135 e. The Kier molecular flexibility index (Phi) is 3.19. The summed E-state index contributed by atoms with van der Waals surface area (Å²) < 4.78 is 2.10. The lowest BCUT2D eigenvalue weighted by Crippen LogP contribution is -2.04. The average Bonchev–Trinajstić information content (AvgIpc) is 2.57. The standard InChI is InChI=1S/C14H15N3/c1-4-6-12-9-15-10-14-16-8-11(3)17(14)13(12)7-5-2/h4-9H,1-2,10H2,3H3/b12-6-,13-7+. The molecule has 2 rings (SSSR count). The Labute approximate surface area is 101 Å². The Hall–Kier alpha value is -2.16. The fourth-order valence-corrected chi connectivity index (χ4v) is 1.89. The number of aromatic nitrogens is 2. The third-order valence-electron chi connectivity index (χ3n) is 2.58. The number of imidazole rings is 1. The lowest BCUT2D eigenvalue weighted by atomic mass is 10.1. The molecule has 0 aliphatic carbocycles. The first-order chi connectivity index (χ1) is 8.27. The van der Waals surface area contributed by atoms with E-state index in [1.807, 2.05) is 31.5 Å². The van der Waals surface area contributed by atoms with Crippen LogP contribution in [0.2, 0.25) is 0 Å². The van der Waals surface area contributed by atoms with Crippen LogP contribution in [0.25, 0.3) is 5.70 Å². The molecule has 0 atom stereocenters. The summed E-state index contributed by atoms with van der Waals surface area (Å²) in [4.78, 5) is 8.72. The molecule has 0 unspecified atom stereocenters. The van der Waals surface area contributed by atoms with E-state index < -0.39 is 0 Å². The summed E-state index contributed by atoms with van der Waals surface area (Å²) in [6.45, 7) is 10.1. The van der Waals surface area contributed by atoms with Gasteiger partial charge in [-0.05, 0) is 13.0 Å². The predicted molar refractivity (Wildman–Crippen MR) is 71.9 cm³/mol. The molecule has 0 saturated heterocycles. The van der Waals surface area contributed by atoms with Crippen LogP contribution in [0.5, 0.6) is 0 Å². The molecule has 17 heavy (non-hydrogen) atoms. The second-order valence-electron chi connectivity index (χ2n) is 3.77. The maximum absolute atomic E-state index is 4.36. The van der Waals surface area contributed by atoms with Crippen LogP contribution in [0.3, 0.4) is 0 Å². The normalized spacial score (nSPS) is 19.1. The minimum Gasteiger partial charge on any atom is -0.299 e. The van der Waals surface area contributed by atoms with Gasteiger partial charge in [-0.2, -0.15) is 0 Å². The molecule has 1 aliphatic heterocycles. The Morgan fingerprint density at radius 2 is 2.06 bits per heavy atom. The van der Waals surface area contributed by atoms with Crippen molar-refractivity contribution in [2.45, 2.75) is 13.5 Å². The average molecular weight is 225 g/mol. The summed E-state index contributed by atoms with van der Waals surface area (Å²) in [6.07, 6.45) is 11.1. The van der Waals surface area contributed by atoms with E-state index >= 15 is 0 Å². The molecule has 1 aromatic rings. The minimum atomic E-state index is 0.594. The van der Waals surface area contributed by atoms with Crippen molar-refractivity contribution in [1.29, 1.82) is 0 Å². The third kappa shape index (κ3) is 2.04. The van der Waals surface area contributed by atoms with Crippen molar-refractivity contribution < 1.29 is 0 Å². The van der Waals surface area contributed by atoms with Crippen LogP contribution in [0.1, 0.15) is 11.5 Å². The van der Waals surface area contributed by atoms with Crippen LogP contribution in [-0.2, 0) is 6.54 Å². The number of rotatable bonds is 2. The monoisotopic (exact) mass is 225 g/mol. The van der Waals surface area contributed by atoms with E-state index in [4.69, 9.17) is 0 Å². The zero-order chi connectivity index (χ0) is 12.3. The van der Waals surface area contributed by atoms with E-state index in [0.29, 0.717) is 6.54 Å². The number of allylic oxidation sites excluding steroid dienone is 6. The number of nitrogens with zero attached hydrogens (tertiary/aromatic N) is 3. The fraction of sp³-hybridized carbons (Fsp3) is 0.143. The molecule has 0 fully saturated rings. The summed E-state index contributed by atoms with van der Waals surface area (Å²) >= 11 is 0. The van der Waals surface area contributed by atoms with Gasteiger partial charge in [0.15, 0.2) is 0 Å². The number of fused-ring (bicyclic) bond motifs is 1. The maximum atomic E-state index is 4.36. The Morgan fingerprint density at radius 3 is 2.76 bits per heavy atom. The molecule has 2 heterocycles. The Bertz CT molecular complexity index is 542. The number of hydrogen-bond donors (Lipinski definition) is 0. The molecule has 0 aromatic carbocycles. The summed E-state index contributed by atoms with van der Waals surface area (Å²) in [5.41, 5.74) is 3.14. The van der Waals surface area contributed by atoms with Gasteiger partial charge in [0, 0.05) is 23.7 Å². The number of aliphatic imine (C=N–C) groups is 1. The molecule has 3 nitrogen and oxygen atoms in total. The molecule has 86 valence electrons. The molecular formula is C14H15N3. The Morgan fingerprint density at radius 1 is 1.29 bits per heavy atom. The van der Waals surface area contributed by atoms with Crippen molar-refractivity contribution in [3.8, 4) is 0 Å². The van der Waals surface area contributed by atoms with Crippen molar-refractivity contribution in [2.75, 3.05) is 0 Å². The highest BCUT2D eigenvalue weighted by molar-refractivity contribution is 5.97. The zero-order valence-electron chi connectivity index (χ0n) is 9.93. The van der Waals surface area contributed by atoms with Crippen LogP contribution in [0.15, 0.2) is 54.2 Å². The van der Waals surface area contributed by atoms with Gasteiger partial charge in [0.2, 0.25) is 0 Å². The molecule has 0 bridgehead atoms. The minimum absolute atomic E-state index is 0.594. The summed E-state index contributed by atoms with van der Waals surface area (Å²) in [5.74, 6) is 0.944. The highest BCUT2D eigenvalue weighted by atomic mass is 15.1. The summed E-state index contributed by atoms with van der Waals surface area (Å²) in [5, 5.41) is 0. The van der Waals surface area contributed by atoms with Gasteiger partial charge in [-0.25, -0.2) is 4.98 Å². The highest BCUT2D eigenvalue weighted by Crippen LogP contribution is 2.23. The molecule has 0 radical (unpaired) electrons. The van der Waals surface area contributed by atoms with E-state index in [0.717, 1.165) is 22.8 Å². The predicted octanol–water partition coefficient (Wildman–Crippen LogP) is 2.92. The highest BCUT2D eigenvalue weighted by Gasteiger charge is 2.15. The SMILES string of the molecule is C=C/C=C1/C=NCc2ncc(C)n2/C1=C/C=C. The van der Waals surface area contributed by atoms with E-state index in [-0.39, 0.29) is 0 Å². The van der Waals surface area contributed by atoms with Gasteiger partial charge in [-0.15, -0.1) is 0 Å². The molecule has 0 spiro atoms. The number of aryl methyl sites for hydroxylation is 1.